The molecule has 33 heavy (non-hydrogen) atoms. The molecule has 0 spiro atoms. The number of hydrogen-bond donors (Lipinski definition) is 1. The summed E-state index contributed by atoms with van der Waals surface area (Å²) in [4.78, 5) is 27.5. The van der Waals surface area contributed by atoms with E-state index in [4.69, 9.17) is 14.0 Å². The van der Waals surface area contributed by atoms with Gasteiger partial charge in [0.25, 0.3) is 5.78 Å². The molecule has 2 aromatic carbocycles. The summed E-state index contributed by atoms with van der Waals surface area (Å²) in [5, 5.41) is 15.1. The average Bonchev–Trinajstić information content (AvgIpc) is 3.35. The van der Waals surface area contributed by atoms with Crippen LogP contribution >= 0.6 is 0 Å². The monoisotopic (exact) mass is 448 g/mol. The van der Waals surface area contributed by atoms with Gasteiger partial charge < -0.3 is 19.1 Å². The lowest BCUT2D eigenvalue weighted by atomic mass is 9.94. The second-order valence-corrected chi connectivity index (χ2v) is 7.67. The van der Waals surface area contributed by atoms with Crippen LogP contribution in [0.25, 0.3) is 5.76 Å². The van der Waals surface area contributed by atoms with Gasteiger partial charge in [-0.3, -0.25) is 14.5 Å². The molecular weight excluding hydrogens is 424 g/mol. The first kappa shape index (κ1) is 22.1. The fourth-order valence-electron chi connectivity index (χ4n) is 3.85. The van der Waals surface area contributed by atoms with Gasteiger partial charge in [0.15, 0.2) is 17.3 Å². The molecular formula is C25H24N2O6. The molecule has 8 heteroatoms. The van der Waals surface area contributed by atoms with E-state index in [1.165, 1.54) is 12.0 Å². The van der Waals surface area contributed by atoms with Crippen molar-refractivity contribution in [2.24, 2.45) is 0 Å². The predicted molar refractivity (Wildman–Crippen MR) is 121 cm³/mol. The van der Waals surface area contributed by atoms with E-state index in [2.05, 4.69) is 5.16 Å². The molecule has 0 bridgehead atoms. The molecule has 1 amide bonds. The Labute approximate surface area is 191 Å². The topological polar surface area (TPSA) is 102 Å². The van der Waals surface area contributed by atoms with Gasteiger partial charge in [-0.2, -0.15) is 0 Å². The Bertz CT molecular complexity index is 1240. The van der Waals surface area contributed by atoms with Crippen molar-refractivity contribution in [3.63, 3.8) is 0 Å². The van der Waals surface area contributed by atoms with Crippen LogP contribution < -0.4 is 14.4 Å². The number of benzene rings is 2. The minimum Gasteiger partial charge on any atom is -0.507 e. The van der Waals surface area contributed by atoms with E-state index in [1.807, 2.05) is 26.0 Å². The Balaban J connectivity index is 1.93. The first-order valence-electron chi connectivity index (χ1n) is 10.5. The molecule has 1 aliphatic heterocycles. The van der Waals surface area contributed by atoms with E-state index >= 15 is 0 Å². The zero-order chi connectivity index (χ0) is 23.7. The molecule has 1 aromatic heterocycles. The summed E-state index contributed by atoms with van der Waals surface area (Å²) < 4.78 is 16.2. The predicted octanol–water partition coefficient (Wildman–Crippen LogP) is 4.33. The van der Waals surface area contributed by atoms with Crippen LogP contribution in [0.2, 0.25) is 0 Å². The number of ether oxygens (including phenoxy) is 2. The SMILES string of the molecule is CCOc1ccc([C@@H]2C(=C(O)c3ccc(C)cc3)C(=O)C(=O)N2c2cc(C)on2)cc1OC. The second kappa shape index (κ2) is 8.82. The van der Waals surface area contributed by atoms with Crippen LogP contribution in [0.15, 0.2) is 58.6 Å². The van der Waals surface area contributed by atoms with E-state index in [1.54, 1.807) is 43.3 Å². The number of anilines is 1. The molecule has 1 N–H and O–H groups in total. The van der Waals surface area contributed by atoms with Crippen LogP contribution in [0.5, 0.6) is 11.5 Å². The minimum absolute atomic E-state index is 0.0456. The number of carbonyl (C=O) groups is 2. The van der Waals surface area contributed by atoms with E-state index in [0.29, 0.717) is 35.0 Å². The number of methoxy groups -OCH3 is 1. The van der Waals surface area contributed by atoms with Crippen LogP contribution in [-0.2, 0) is 9.59 Å². The van der Waals surface area contributed by atoms with Gasteiger partial charge in [0, 0.05) is 11.6 Å². The van der Waals surface area contributed by atoms with Gasteiger partial charge >= 0.3 is 5.91 Å². The molecule has 2 heterocycles. The lowest BCUT2D eigenvalue weighted by Crippen LogP contribution is -2.29. The number of aromatic nitrogens is 1. The zero-order valence-electron chi connectivity index (χ0n) is 18.8. The van der Waals surface area contributed by atoms with Crippen molar-refractivity contribution >= 4 is 23.3 Å². The first-order valence-corrected chi connectivity index (χ1v) is 10.5. The fourth-order valence-corrected chi connectivity index (χ4v) is 3.85. The van der Waals surface area contributed by atoms with Gasteiger partial charge in [0.2, 0.25) is 0 Å². The third kappa shape index (κ3) is 3.95. The number of nitrogens with zero attached hydrogens (tertiary/aromatic N) is 2. The van der Waals surface area contributed by atoms with Crippen molar-refractivity contribution in [3.05, 3.63) is 76.6 Å². The van der Waals surface area contributed by atoms with E-state index in [-0.39, 0.29) is 17.2 Å². The smallest absolute Gasteiger partial charge is 0.301 e. The van der Waals surface area contributed by atoms with Gasteiger partial charge in [0.05, 0.1) is 25.3 Å². The molecule has 0 radical (unpaired) electrons. The molecule has 8 nitrogen and oxygen atoms in total. The van der Waals surface area contributed by atoms with Crippen LogP contribution in [0.1, 0.15) is 35.4 Å². The summed E-state index contributed by atoms with van der Waals surface area (Å²) in [7, 11) is 1.51. The lowest BCUT2D eigenvalue weighted by Gasteiger charge is -2.23. The van der Waals surface area contributed by atoms with E-state index < -0.39 is 17.7 Å². The largest absolute Gasteiger partial charge is 0.507 e. The maximum Gasteiger partial charge on any atom is 0.301 e. The lowest BCUT2D eigenvalue weighted by molar-refractivity contribution is -0.132. The third-order valence-corrected chi connectivity index (χ3v) is 5.44. The summed E-state index contributed by atoms with van der Waals surface area (Å²) >= 11 is 0. The highest BCUT2D eigenvalue weighted by Crippen LogP contribution is 2.43. The Morgan fingerprint density at radius 3 is 2.42 bits per heavy atom. The van der Waals surface area contributed by atoms with Gasteiger partial charge in [0.1, 0.15) is 11.5 Å². The molecule has 1 saturated heterocycles. The number of Topliss-reactive ketones (excluding diaryl/α,β-unsaturated/α-hetero) is 1. The van der Waals surface area contributed by atoms with Gasteiger partial charge in [-0.05, 0) is 38.5 Å². The summed E-state index contributed by atoms with van der Waals surface area (Å²) in [6.45, 7) is 5.91. The minimum atomic E-state index is -0.944. The standard InChI is InChI=1S/C25H24N2O6/c1-5-32-18-11-10-17(13-19(18)31-4)22-21(23(28)16-8-6-14(2)7-9-16)24(29)25(30)27(22)20-12-15(3)33-26-20/h6-13,22,28H,5H2,1-4H3/t22-/m1/s1. The number of hydrogen-bond acceptors (Lipinski definition) is 7. The number of aliphatic hydroxyl groups is 1. The quantitative estimate of drug-likeness (QED) is 0.340. The number of amides is 1. The van der Waals surface area contributed by atoms with Gasteiger partial charge in [-0.1, -0.05) is 41.1 Å². The molecule has 1 atom stereocenters. The van der Waals surface area contributed by atoms with Crippen molar-refractivity contribution in [1.29, 1.82) is 0 Å². The van der Waals surface area contributed by atoms with Crippen LogP contribution in [0.4, 0.5) is 5.82 Å². The van der Waals surface area contributed by atoms with Gasteiger partial charge in [-0.25, -0.2) is 0 Å². The zero-order valence-corrected chi connectivity index (χ0v) is 18.8. The van der Waals surface area contributed by atoms with Gasteiger partial charge in [-0.15, -0.1) is 0 Å². The molecule has 1 aliphatic rings. The van der Waals surface area contributed by atoms with E-state index in [0.717, 1.165) is 5.56 Å². The number of aryl methyl sites for hydroxylation is 2. The Morgan fingerprint density at radius 2 is 1.82 bits per heavy atom. The molecule has 3 aromatic rings. The molecule has 1 fully saturated rings. The Kier molecular flexibility index (Phi) is 5.91. The van der Waals surface area contributed by atoms with Crippen molar-refractivity contribution in [1.82, 2.24) is 5.16 Å². The maximum absolute atomic E-state index is 13.2. The highest BCUT2D eigenvalue weighted by Gasteiger charge is 2.48. The maximum atomic E-state index is 13.2. The highest BCUT2D eigenvalue weighted by atomic mass is 16.5. The molecule has 0 saturated carbocycles. The second-order valence-electron chi connectivity index (χ2n) is 7.67. The highest BCUT2D eigenvalue weighted by molar-refractivity contribution is 6.51. The molecule has 0 unspecified atom stereocenters. The summed E-state index contributed by atoms with van der Waals surface area (Å²) in [6.07, 6.45) is 0. The summed E-state index contributed by atoms with van der Waals surface area (Å²) in [5.74, 6) is -0.276. The molecule has 170 valence electrons. The first-order chi connectivity index (χ1) is 15.8. The van der Waals surface area contributed by atoms with Crippen LogP contribution in [0, 0.1) is 13.8 Å². The number of rotatable bonds is 6. The van der Waals surface area contributed by atoms with Crippen molar-refractivity contribution in [2.45, 2.75) is 26.8 Å². The van der Waals surface area contributed by atoms with E-state index in [9.17, 15) is 14.7 Å². The fraction of sp³-hybridized carbons (Fsp3) is 0.240. The average molecular weight is 448 g/mol. The van der Waals surface area contributed by atoms with Crippen molar-refractivity contribution < 1.29 is 28.7 Å². The third-order valence-electron chi connectivity index (χ3n) is 5.44. The van der Waals surface area contributed by atoms with Crippen LogP contribution in [-0.4, -0.2) is 35.7 Å². The molecule has 0 aliphatic carbocycles. The van der Waals surface area contributed by atoms with Crippen molar-refractivity contribution in [3.8, 4) is 11.5 Å². The number of ketones is 1. The normalized spacial score (nSPS) is 17.5. The summed E-state index contributed by atoms with van der Waals surface area (Å²) in [5.41, 5.74) is 1.93. The van der Waals surface area contributed by atoms with Crippen molar-refractivity contribution in [2.75, 3.05) is 18.6 Å². The van der Waals surface area contributed by atoms with Crippen LogP contribution in [0.3, 0.4) is 0 Å². The summed E-state index contributed by atoms with van der Waals surface area (Å²) in [6, 6.07) is 12.8. The number of aliphatic hydroxyl groups excluding tert-OH is 1. The number of carbonyl (C=O) groups excluding carboxylic acids is 2. The Hall–Kier alpha value is -4.07. The molecule has 4 rings (SSSR count). The Morgan fingerprint density at radius 1 is 1.09 bits per heavy atom.